The number of hydrogen-bond donors (Lipinski definition) is 0. The normalized spacial score (nSPS) is 11.6. The first-order chi connectivity index (χ1) is 19.4. The van der Waals surface area contributed by atoms with Crippen molar-refractivity contribution in [2.75, 3.05) is 0 Å². The van der Waals surface area contributed by atoms with Crippen LogP contribution in [0.25, 0.3) is 65.3 Å². The molecule has 7 rings (SSSR count). The average Bonchev–Trinajstić information content (AvgIpc) is 2.98. The van der Waals surface area contributed by atoms with Gasteiger partial charge in [-0.05, 0) is 83.5 Å². The Morgan fingerprint density at radius 2 is 0.850 bits per heavy atom. The lowest BCUT2D eigenvalue weighted by atomic mass is 9.59. The first-order valence-corrected chi connectivity index (χ1v) is 14.4. The number of fused-ring (bicyclic) bond motifs is 5. The van der Waals surface area contributed by atoms with Gasteiger partial charge in [-0.2, -0.15) is 0 Å². The Morgan fingerprint density at radius 3 is 1.43 bits per heavy atom. The molecule has 0 saturated carbocycles. The van der Waals surface area contributed by atoms with E-state index in [1.54, 1.807) is 0 Å². The molecule has 0 heterocycles. The summed E-state index contributed by atoms with van der Waals surface area (Å²) in [4.78, 5) is 0. The van der Waals surface area contributed by atoms with Gasteiger partial charge in [-0.25, -0.2) is 0 Å². The molecule has 0 amide bonds. The summed E-state index contributed by atoms with van der Waals surface area (Å²) in [6.45, 7) is 0. The second kappa shape index (κ2) is 9.39. The summed E-state index contributed by atoms with van der Waals surface area (Å²) in [7, 11) is 11.4. The van der Waals surface area contributed by atoms with E-state index in [4.69, 9.17) is 11.6 Å². The predicted octanol–water partition coefficient (Wildman–Crippen LogP) is 1.58. The van der Waals surface area contributed by atoms with Crippen LogP contribution in [-0.4, -0.2) is 39.2 Å². The van der Waals surface area contributed by atoms with Crippen LogP contribution in [0.15, 0.2) is 97.1 Å². The second-order valence-electron chi connectivity index (χ2n) is 11.2. The van der Waals surface area contributed by atoms with E-state index in [2.05, 4.69) is 130 Å². The molecule has 0 N–H and O–H groups in total. The molecule has 6 heteroatoms. The molecule has 0 unspecified atom stereocenters. The predicted molar refractivity (Wildman–Crippen MR) is 193 cm³/mol. The van der Waals surface area contributed by atoms with Gasteiger partial charge in [0.25, 0.3) is 0 Å². The van der Waals surface area contributed by atoms with Crippen LogP contribution < -0.4 is 27.3 Å². The summed E-state index contributed by atoms with van der Waals surface area (Å²) in [6, 6.07) is 35.3. The monoisotopic (exact) mass is 524 g/mol. The van der Waals surface area contributed by atoms with Crippen molar-refractivity contribution < 1.29 is 0 Å². The fourth-order valence-electron chi connectivity index (χ4n) is 6.85. The smallest absolute Gasteiger partial charge is 0.102 e. The van der Waals surface area contributed by atoms with Gasteiger partial charge in [0.05, 0.1) is 0 Å². The average molecular weight is 524 g/mol. The third kappa shape index (κ3) is 3.61. The SMILES string of the molecule is Bc1c(B)c(B)c(-c2c3ccccc3c(-c3cc4ccccc4c4cc(Cl)ccc34)c3ccccc23)c(B)c1B. The van der Waals surface area contributed by atoms with Gasteiger partial charge in [-0.3, -0.25) is 0 Å². The Hall–Kier alpha value is -3.81. The number of rotatable bonds is 2. The van der Waals surface area contributed by atoms with Crippen molar-refractivity contribution in [3.05, 3.63) is 102 Å². The molecule has 0 fully saturated rings. The highest BCUT2D eigenvalue weighted by Gasteiger charge is 2.22. The molecule has 0 radical (unpaired) electrons. The molecule has 184 valence electrons. The standard InChI is InChI=1S/C34H26B5Cl/c35-30-29(31(36)33(38)34(39)32(30)37)28-23-11-5-3-9-21(23)27(22-10-4-6-12-24(22)28)26-15-17-7-1-2-8-19(17)25-16-18(40)13-14-20(25)26/h1-16H,35-39H2. The molecule has 0 spiro atoms. The summed E-state index contributed by atoms with van der Waals surface area (Å²) in [5, 5.41) is 10.8. The fraction of sp³-hybridized carbons (Fsp3) is 0. The van der Waals surface area contributed by atoms with Crippen LogP contribution in [-0.2, 0) is 0 Å². The van der Waals surface area contributed by atoms with Gasteiger partial charge >= 0.3 is 0 Å². The third-order valence-electron chi connectivity index (χ3n) is 9.27. The summed E-state index contributed by atoms with van der Waals surface area (Å²) < 4.78 is 0. The van der Waals surface area contributed by atoms with Crippen molar-refractivity contribution >= 4 is 121 Å². The van der Waals surface area contributed by atoms with E-state index in [-0.39, 0.29) is 0 Å². The minimum absolute atomic E-state index is 0.760. The van der Waals surface area contributed by atoms with Crippen LogP contribution in [0.1, 0.15) is 0 Å². The zero-order valence-electron chi connectivity index (χ0n) is 23.6. The van der Waals surface area contributed by atoms with Crippen LogP contribution >= 0.6 is 11.6 Å². The molecule has 0 bridgehead atoms. The Balaban J connectivity index is 1.72. The molecule has 7 aromatic carbocycles. The highest BCUT2D eigenvalue weighted by Crippen LogP contribution is 2.46. The largest absolute Gasteiger partial charge is 0.139 e. The lowest BCUT2D eigenvalue weighted by molar-refractivity contribution is 1.71. The van der Waals surface area contributed by atoms with Crippen molar-refractivity contribution in [1.82, 2.24) is 0 Å². The Bertz CT molecular complexity index is 2100. The van der Waals surface area contributed by atoms with Gasteiger partial charge in [0.2, 0.25) is 0 Å². The summed E-state index contributed by atoms with van der Waals surface area (Å²) >= 11 is 6.56. The minimum Gasteiger partial charge on any atom is -0.102 e. The molecule has 0 aliphatic rings. The molecule has 0 aliphatic heterocycles. The summed E-state index contributed by atoms with van der Waals surface area (Å²) in [6.07, 6.45) is 0. The van der Waals surface area contributed by atoms with Crippen LogP contribution in [0.2, 0.25) is 5.02 Å². The zero-order valence-corrected chi connectivity index (χ0v) is 24.4. The van der Waals surface area contributed by atoms with E-state index in [1.807, 2.05) is 6.07 Å². The van der Waals surface area contributed by atoms with Gasteiger partial charge < -0.3 is 0 Å². The van der Waals surface area contributed by atoms with Crippen LogP contribution in [0, 0.1) is 0 Å². The molecule has 40 heavy (non-hydrogen) atoms. The maximum atomic E-state index is 6.56. The topological polar surface area (TPSA) is 0 Å². The molecule has 0 atom stereocenters. The maximum Gasteiger partial charge on any atom is 0.139 e. The van der Waals surface area contributed by atoms with E-state index < -0.39 is 0 Å². The van der Waals surface area contributed by atoms with Gasteiger partial charge in [0, 0.05) is 5.02 Å². The van der Waals surface area contributed by atoms with E-state index in [0.29, 0.717) is 0 Å². The van der Waals surface area contributed by atoms with E-state index >= 15 is 0 Å². The Labute approximate surface area is 244 Å². The maximum absolute atomic E-state index is 6.56. The molecular weight excluding hydrogens is 498 g/mol. The minimum atomic E-state index is 0.760. The second-order valence-corrected chi connectivity index (χ2v) is 11.6. The first-order valence-electron chi connectivity index (χ1n) is 14.0. The third-order valence-corrected chi connectivity index (χ3v) is 9.51. The van der Waals surface area contributed by atoms with Gasteiger partial charge in [-0.1, -0.05) is 101 Å². The molecule has 0 aromatic heterocycles. The number of halogens is 1. The van der Waals surface area contributed by atoms with E-state index in [0.717, 1.165) is 5.02 Å². The highest BCUT2D eigenvalue weighted by atomic mass is 35.5. The first kappa shape index (κ1) is 25.2. The Morgan fingerprint density at radius 1 is 0.375 bits per heavy atom. The zero-order chi connectivity index (χ0) is 27.7. The van der Waals surface area contributed by atoms with Crippen LogP contribution in [0.3, 0.4) is 0 Å². The lowest BCUT2D eigenvalue weighted by Gasteiger charge is -2.25. The molecular formula is C34H26B5Cl. The van der Waals surface area contributed by atoms with Crippen LogP contribution in [0.4, 0.5) is 0 Å². The Kier molecular flexibility index (Phi) is 5.91. The van der Waals surface area contributed by atoms with E-state index in [9.17, 15) is 0 Å². The fourth-order valence-corrected chi connectivity index (χ4v) is 7.02. The van der Waals surface area contributed by atoms with Crippen LogP contribution in [0.5, 0.6) is 0 Å². The van der Waals surface area contributed by atoms with Gasteiger partial charge in [0.15, 0.2) is 0 Å². The van der Waals surface area contributed by atoms with Crippen molar-refractivity contribution in [3.8, 4) is 22.3 Å². The summed E-state index contributed by atoms with van der Waals surface area (Å²) in [5.41, 5.74) is 12.1. The quantitative estimate of drug-likeness (QED) is 0.183. The molecule has 7 aromatic rings. The lowest BCUT2D eigenvalue weighted by Crippen LogP contribution is -2.55. The van der Waals surface area contributed by atoms with Crippen molar-refractivity contribution in [3.63, 3.8) is 0 Å². The number of benzene rings is 7. The van der Waals surface area contributed by atoms with Gasteiger partial charge in [0.1, 0.15) is 39.2 Å². The van der Waals surface area contributed by atoms with Crippen molar-refractivity contribution in [2.45, 2.75) is 0 Å². The molecule has 0 nitrogen and oxygen atoms in total. The van der Waals surface area contributed by atoms with Crippen molar-refractivity contribution in [1.29, 1.82) is 0 Å². The molecule has 0 aliphatic carbocycles. The highest BCUT2D eigenvalue weighted by molar-refractivity contribution is 6.69. The van der Waals surface area contributed by atoms with Gasteiger partial charge in [-0.15, -0.1) is 16.4 Å². The van der Waals surface area contributed by atoms with Crippen molar-refractivity contribution in [2.24, 2.45) is 0 Å². The molecule has 0 saturated heterocycles. The van der Waals surface area contributed by atoms with E-state index in [1.165, 1.54) is 92.7 Å². The number of hydrogen-bond acceptors (Lipinski definition) is 0. The summed E-state index contributed by atoms with van der Waals surface area (Å²) in [5.74, 6) is 0.